The molecule has 0 fully saturated rings. The molecule has 0 aliphatic carbocycles. The molecule has 0 heterocycles. The molecular weight excluding hydrogens is 484 g/mol. The van der Waals surface area contributed by atoms with Crippen molar-refractivity contribution >= 4 is 12.2 Å². The van der Waals surface area contributed by atoms with Gasteiger partial charge in [0.15, 0.2) is 0 Å². The van der Waals surface area contributed by atoms with Crippen LogP contribution in [0.15, 0.2) is 84.9 Å². The highest BCUT2D eigenvalue weighted by Gasteiger charge is 2.37. The molecule has 0 aromatic heterocycles. The molecule has 0 nitrogen and oxygen atoms in total. The van der Waals surface area contributed by atoms with E-state index >= 15 is 4.39 Å². The maximum atomic E-state index is 15.2. The predicted octanol–water partition coefficient (Wildman–Crippen LogP) is 9.98. The molecule has 0 bridgehead atoms. The highest BCUT2D eigenvalue weighted by atomic mass is 19.4. The number of halogens is 4. The summed E-state index contributed by atoms with van der Waals surface area (Å²) in [5, 5.41) is 0. The van der Waals surface area contributed by atoms with E-state index in [0.29, 0.717) is 6.42 Å². The number of benzene rings is 4. The van der Waals surface area contributed by atoms with Gasteiger partial charge < -0.3 is 0 Å². The molecule has 0 saturated carbocycles. The fraction of sp³-hybridized carbons (Fsp3) is 0.235. The Morgan fingerprint density at radius 2 is 1.16 bits per heavy atom. The highest BCUT2D eigenvalue weighted by Crippen LogP contribution is 2.36. The second-order valence-corrected chi connectivity index (χ2v) is 9.57. The number of hydrogen-bond donors (Lipinski definition) is 0. The van der Waals surface area contributed by atoms with E-state index in [2.05, 4.69) is 31.2 Å². The molecule has 4 heteroatoms. The Morgan fingerprint density at radius 3 is 1.68 bits per heavy atom. The molecule has 0 aliphatic heterocycles. The summed E-state index contributed by atoms with van der Waals surface area (Å²) in [7, 11) is 0. The lowest BCUT2D eigenvalue weighted by molar-refractivity contribution is -0.140. The van der Waals surface area contributed by atoms with Crippen molar-refractivity contribution in [3.63, 3.8) is 0 Å². The van der Waals surface area contributed by atoms with Gasteiger partial charge in [-0.25, -0.2) is 4.39 Å². The zero-order valence-electron chi connectivity index (χ0n) is 21.8. The van der Waals surface area contributed by atoms with Crippen LogP contribution in [0.5, 0.6) is 0 Å². The number of aryl methyl sites for hydroxylation is 4. The Bertz CT molecular complexity index is 1360. The maximum Gasteiger partial charge on any atom is 0.419 e. The predicted molar refractivity (Wildman–Crippen MR) is 149 cm³/mol. The molecule has 0 spiro atoms. The molecule has 0 N–H and O–H groups in total. The Morgan fingerprint density at radius 1 is 0.605 bits per heavy atom. The van der Waals surface area contributed by atoms with E-state index in [1.165, 1.54) is 23.8 Å². The van der Waals surface area contributed by atoms with Crippen molar-refractivity contribution in [2.24, 2.45) is 0 Å². The fourth-order valence-electron chi connectivity index (χ4n) is 4.60. The standard InChI is InChI=1S/C34H32F4/c1-3-5-25-10-16-28(17-11-25)29-18-12-27(13-19-29)15-21-31-23-22-30(32(33(31)35)34(36,37)38)20-14-26-8-6-24(4-2)7-9-26/h6-14,16-20,22-23H,3-5,15,21H2,1-2H3. The van der Waals surface area contributed by atoms with E-state index in [4.69, 9.17) is 0 Å². The molecule has 196 valence electrons. The van der Waals surface area contributed by atoms with Gasteiger partial charge in [0.05, 0.1) is 5.56 Å². The Labute approximate surface area is 222 Å². The van der Waals surface area contributed by atoms with Gasteiger partial charge in [-0.3, -0.25) is 0 Å². The van der Waals surface area contributed by atoms with Crippen LogP contribution in [0.25, 0.3) is 23.3 Å². The van der Waals surface area contributed by atoms with E-state index < -0.39 is 17.6 Å². The number of hydrogen-bond acceptors (Lipinski definition) is 0. The second-order valence-electron chi connectivity index (χ2n) is 9.57. The molecule has 0 amide bonds. The van der Waals surface area contributed by atoms with Crippen molar-refractivity contribution in [3.05, 3.63) is 130 Å². The zero-order chi connectivity index (χ0) is 27.1. The first kappa shape index (κ1) is 27.4. The van der Waals surface area contributed by atoms with Gasteiger partial charge in [-0.1, -0.05) is 117 Å². The van der Waals surface area contributed by atoms with Crippen LogP contribution in [-0.4, -0.2) is 0 Å². The van der Waals surface area contributed by atoms with Gasteiger partial charge in [-0.05, 0) is 70.2 Å². The monoisotopic (exact) mass is 516 g/mol. The van der Waals surface area contributed by atoms with Crippen LogP contribution in [0.4, 0.5) is 17.6 Å². The first-order valence-corrected chi connectivity index (χ1v) is 13.1. The van der Waals surface area contributed by atoms with E-state index in [-0.39, 0.29) is 17.5 Å². The van der Waals surface area contributed by atoms with Crippen LogP contribution in [0.1, 0.15) is 59.2 Å². The molecule has 0 atom stereocenters. The summed E-state index contributed by atoms with van der Waals surface area (Å²) < 4.78 is 56.8. The van der Waals surface area contributed by atoms with Crippen LogP contribution >= 0.6 is 0 Å². The molecule has 0 aliphatic rings. The topological polar surface area (TPSA) is 0 Å². The lowest BCUT2D eigenvalue weighted by Gasteiger charge is -2.15. The van der Waals surface area contributed by atoms with Crippen LogP contribution < -0.4 is 0 Å². The minimum absolute atomic E-state index is 0.0670. The third-order valence-corrected chi connectivity index (χ3v) is 6.84. The molecule has 0 saturated heterocycles. The molecule has 0 unspecified atom stereocenters. The van der Waals surface area contributed by atoms with E-state index in [1.54, 1.807) is 6.08 Å². The first-order valence-electron chi connectivity index (χ1n) is 13.1. The maximum absolute atomic E-state index is 15.2. The lowest BCUT2D eigenvalue weighted by Crippen LogP contribution is -2.13. The Hall–Kier alpha value is -3.66. The SMILES string of the molecule is CCCc1ccc(-c2ccc(CCc3ccc(C=Cc4ccc(CC)cc4)c(C(F)(F)F)c3F)cc2)cc1. The largest absolute Gasteiger partial charge is 0.419 e. The van der Waals surface area contributed by atoms with Crippen molar-refractivity contribution in [2.75, 3.05) is 0 Å². The number of rotatable bonds is 9. The molecular formula is C34H32F4. The van der Waals surface area contributed by atoms with Crippen LogP contribution in [0.2, 0.25) is 0 Å². The van der Waals surface area contributed by atoms with Gasteiger partial charge in [0.25, 0.3) is 0 Å². The fourth-order valence-corrected chi connectivity index (χ4v) is 4.60. The average molecular weight is 517 g/mol. The lowest BCUT2D eigenvalue weighted by atomic mass is 9.96. The Kier molecular flexibility index (Phi) is 8.83. The zero-order valence-corrected chi connectivity index (χ0v) is 21.8. The molecule has 4 aromatic rings. The van der Waals surface area contributed by atoms with Gasteiger partial charge in [0, 0.05) is 0 Å². The minimum Gasteiger partial charge on any atom is -0.206 e. The molecule has 0 radical (unpaired) electrons. The highest BCUT2D eigenvalue weighted by molar-refractivity contribution is 5.72. The smallest absolute Gasteiger partial charge is 0.206 e. The quantitative estimate of drug-likeness (QED) is 0.153. The summed E-state index contributed by atoms with van der Waals surface area (Å²) in [6, 6.07) is 26.8. The van der Waals surface area contributed by atoms with Gasteiger partial charge in [0.2, 0.25) is 0 Å². The van der Waals surface area contributed by atoms with E-state index in [9.17, 15) is 13.2 Å². The molecule has 4 aromatic carbocycles. The first-order chi connectivity index (χ1) is 18.3. The van der Waals surface area contributed by atoms with E-state index in [0.717, 1.165) is 47.1 Å². The Balaban J connectivity index is 1.49. The normalized spacial score (nSPS) is 11.8. The summed E-state index contributed by atoms with van der Waals surface area (Å²) in [4.78, 5) is 0. The summed E-state index contributed by atoms with van der Waals surface area (Å²) in [5.74, 6) is -1.19. The number of alkyl halides is 3. The molecule has 38 heavy (non-hydrogen) atoms. The average Bonchev–Trinajstić information content (AvgIpc) is 2.92. The minimum atomic E-state index is -4.79. The van der Waals surface area contributed by atoms with Crippen molar-refractivity contribution < 1.29 is 17.6 Å². The summed E-state index contributed by atoms with van der Waals surface area (Å²) in [6.07, 6.45) is 1.80. The summed E-state index contributed by atoms with van der Waals surface area (Å²) in [5.41, 5.74) is 5.03. The second kappa shape index (κ2) is 12.3. The van der Waals surface area contributed by atoms with E-state index in [1.807, 2.05) is 55.5 Å². The van der Waals surface area contributed by atoms with Crippen molar-refractivity contribution in [3.8, 4) is 11.1 Å². The van der Waals surface area contributed by atoms with Crippen LogP contribution in [0, 0.1) is 5.82 Å². The van der Waals surface area contributed by atoms with Gasteiger partial charge in [-0.15, -0.1) is 0 Å². The van der Waals surface area contributed by atoms with Crippen molar-refractivity contribution in [2.45, 2.75) is 52.1 Å². The summed E-state index contributed by atoms with van der Waals surface area (Å²) in [6.45, 7) is 4.19. The molecule has 4 rings (SSSR count). The third-order valence-electron chi connectivity index (χ3n) is 6.84. The van der Waals surface area contributed by atoms with Crippen LogP contribution in [-0.2, 0) is 31.9 Å². The van der Waals surface area contributed by atoms with Crippen molar-refractivity contribution in [1.82, 2.24) is 0 Å². The van der Waals surface area contributed by atoms with Gasteiger partial charge in [0.1, 0.15) is 5.82 Å². The van der Waals surface area contributed by atoms with Gasteiger partial charge >= 0.3 is 6.18 Å². The van der Waals surface area contributed by atoms with Gasteiger partial charge in [-0.2, -0.15) is 13.2 Å². The van der Waals surface area contributed by atoms with Crippen LogP contribution in [0.3, 0.4) is 0 Å². The third kappa shape index (κ3) is 6.80. The summed E-state index contributed by atoms with van der Waals surface area (Å²) >= 11 is 0. The van der Waals surface area contributed by atoms with Crippen molar-refractivity contribution in [1.29, 1.82) is 0 Å².